The third kappa shape index (κ3) is 1.91. The molecule has 0 radical (unpaired) electrons. The van der Waals surface area contributed by atoms with Crippen molar-refractivity contribution in [1.82, 2.24) is 9.55 Å². The molecule has 1 saturated carbocycles. The number of carboxylic acid groups (broad SMARTS) is 1. The van der Waals surface area contributed by atoms with Crippen LogP contribution >= 0.6 is 0 Å². The monoisotopic (exact) mass is 286 g/mol. The summed E-state index contributed by atoms with van der Waals surface area (Å²) in [6, 6.07) is 3.99. The first-order valence-corrected chi connectivity index (χ1v) is 6.63. The van der Waals surface area contributed by atoms with E-state index in [2.05, 4.69) is 4.98 Å². The zero-order valence-electron chi connectivity index (χ0n) is 10.9. The lowest BCUT2D eigenvalue weighted by molar-refractivity contribution is 0.0665. The summed E-state index contributed by atoms with van der Waals surface area (Å²) in [5.41, 5.74) is 1.55. The van der Waals surface area contributed by atoms with Gasteiger partial charge in [-0.25, -0.2) is 14.2 Å². The number of halogens is 1. The van der Waals surface area contributed by atoms with E-state index in [9.17, 15) is 14.3 Å². The Morgan fingerprint density at radius 1 is 1.43 bits per heavy atom. The van der Waals surface area contributed by atoms with Crippen LogP contribution in [0.2, 0.25) is 0 Å². The number of rotatable bonds is 3. The number of hydrogen-bond acceptors (Lipinski definition) is 3. The van der Waals surface area contributed by atoms with Crippen LogP contribution in [0.15, 0.2) is 35.1 Å². The van der Waals surface area contributed by atoms with Gasteiger partial charge in [-0.15, -0.1) is 0 Å². The molecule has 1 N–H and O–H groups in total. The maximum absolute atomic E-state index is 13.3. The molecule has 6 heteroatoms. The summed E-state index contributed by atoms with van der Waals surface area (Å²) < 4.78 is 20.2. The summed E-state index contributed by atoms with van der Waals surface area (Å²) in [6.45, 7) is 0. The third-order valence-electron chi connectivity index (χ3n) is 3.68. The quantitative estimate of drug-likeness (QED) is 0.801. The van der Waals surface area contributed by atoms with Gasteiger partial charge in [-0.05, 0) is 25.0 Å². The smallest absolute Gasteiger partial charge is 0.374 e. The Morgan fingerprint density at radius 2 is 2.24 bits per heavy atom. The minimum atomic E-state index is -1.19. The van der Waals surface area contributed by atoms with E-state index in [-0.39, 0.29) is 11.3 Å². The summed E-state index contributed by atoms with van der Waals surface area (Å²) >= 11 is 0. The highest BCUT2D eigenvalue weighted by atomic mass is 19.1. The van der Waals surface area contributed by atoms with Crippen molar-refractivity contribution in [1.29, 1.82) is 0 Å². The molecule has 1 aliphatic carbocycles. The van der Waals surface area contributed by atoms with Crippen LogP contribution in [0.3, 0.4) is 0 Å². The molecule has 4 rings (SSSR count). The van der Waals surface area contributed by atoms with E-state index in [0.717, 1.165) is 18.5 Å². The van der Waals surface area contributed by atoms with Gasteiger partial charge in [0, 0.05) is 23.6 Å². The van der Waals surface area contributed by atoms with Crippen molar-refractivity contribution in [2.45, 2.75) is 18.8 Å². The van der Waals surface area contributed by atoms with Gasteiger partial charge in [0.25, 0.3) is 0 Å². The second-order valence-corrected chi connectivity index (χ2v) is 5.21. The van der Waals surface area contributed by atoms with E-state index in [1.54, 1.807) is 10.9 Å². The number of nitrogens with zero attached hydrogens (tertiary/aromatic N) is 2. The minimum Gasteiger partial charge on any atom is -0.475 e. The molecule has 1 fully saturated rings. The van der Waals surface area contributed by atoms with Crippen LogP contribution in [0.5, 0.6) is 0 Å². The predicted octanol–water partition coefficient (Wildman–Crippen LogP) is 3.33. The van der Waals surface area contributed by atoms with E-state index >= 15 is 0 Å². The first-order valence-electron chi connectivity index (χ1n) is 6.63. The van der Waals surface area contributed by atoms with Crippen molar-refractivity contribution in [2.24, 2.45) is 0 Å². The zero-order valence-corrected chi connectivity index (χ0v) is 10.9. The highest BCUT2D eigenvalue weighted by Crippen LogP contribution is 2.39. The Balaban J connectivity index is 1.95. The van der Waals surface area contributed by atoms with Crippen molar-refractivity contribution < 1.29 is 18.7 Å². The van der Waals surface area contributed by atoms with Crippen molar-refractivity contribution in [2.75, 3.05) is 0 Å². The van der Waals surface area contributed by atoms with E-state index in [1.807, 2.05) is 6.20 Å². The molecule has 0 bridgehead atoms. The summed E-state index contributed by atoms with van der Waals surface area (Å²) in [7, 11) is 0. The molecule has 5 nitrogen and oxygen atoms in total. The number of furan rings is 1. The first kappa shape index (κ1) is 12.1. The summed E-state index contributed by atoms with van der Waals surface area (Å²) in [5, 5.41) is 9.85. The van der Waals surface area contributed by atoms with E-state index in [4.69, 9.17) is 4.42 Å². The van der Waals surface area contributed by atoms with Crippen LogP contribution in [-0.4, -0.2) is 20.6 Å². The molecule has 0 aliphatic heterocycles. The number of benzene rings is 1. The van der Waals surface area contributed by atoms with Crippen molar-refractivity contribution in [3.63, 3.8) is 0 Å². The number of aromatic carboxylic acids is 1. The Morgan fingerprint density at radius 3 is 2.95 bits per heavy atom. The maximum Gasteiger partial charge on any atom is 0.374 e. The van der Waals surface area contributed by atoms with Gasteiger partial charge in [0.15, 0.2) is 0 Å². The molecule has 2 aromatic heterocycles. The standard InChI is InChI=1S/C15H11FN2O3/c16-9-3-4-10-12(5-9)21-14(15(19)20)13(10)18-6-11(17-7-18)8-1-2-8/h3-8H,1-2H2,(H,19,20). The second-order valence-electron chi connectivity index (χ2n) is 5.21. The molecule has 0 saturated heterocycles. The summed E-state index contributed by atoms with van der Waals surface area (Å²) in [4.78, 5) is 15.7. The second kappa shape index (κ2) is 4.18. The fourth-order valence-electron chi connectivity index (χ4n) is 2.51. The normalized spacial score (nSPS) is 14.7. The van der Waals surface area contributed by atoms with Crippen LogP contribution in [0.4, 0.5) is 4.39 Å². The molecule has 0 unspecified atom stereocenters. The van der Waals surface area contributed by atoms with E-state index < -0.39 is 11.8 Å². The molecule has 1 aliphatic rings. The lowest BCUT2D eigenvalue weighted by Crippen LogP contribution is -2.01. The predicted molar refractivity (Wildman–Crippen MR) is 72.2 cm³/mol. The molecule has 3 aromatic rings. The van der Waals surface area contributed by atoms with Gasteiger partial charge >= 0.3 is 5.97 Å². The molecular weight excluding hydrogens is 275 g/mol. The van der Waals surface area contributed by atoms with Gasteiger partial charge in [-0.3, -0.25) is 0 Å². The lowest BCUT2D eigenvalue weighted by atomic mass is 10.2. The molecule has 0 spiro atoms. The fraction of sp³-hybridized carbons (Fsp3) is 0.200. The molecule has 106 valence electrons. The topological polar surface area (TPSA) is 68.3 Å². The van der Waals surface area contributed by atoms with Crippen molar-refractivity contribution in [3.8, 4) is 5.69 Å². The highest BCUT2D eigenvalue weighted by molar-refractivity contribution is 5.99. The number of aromatic nitrogens is 2. The Labute approximate surface area is 118 Å². The van der Waals surface area contributed by atoms with Gasteiger partial charge in [0.1, 0.15) is 17.1 Å². The van der Waals surface area contributed by atoms with Gasteiger partial charge < -0.3 is 14.1 Å². The maximum atomic E-state index is 13.3. The van der Waals surface area contributed by atoms with Crippen molar-refractivity contribution in [3.05, 3.63) is 48.0 Å². The van der Waals surface area contributed by atoms with Crippen LogP contribution in [0.25, 0.3) is 16.7 Å². The lowest BCUT2D eigenvalue weighted by Gasteiger charge is -2.00. The first-order chi connectivity index (χ1) is 10.1. The van der Waals surface area contributed by atoms with Crippen molar-refractivity contribution >= 4 is 16.9 Å². The Hall–Kier alpha value is -2.63. The molecule has 1 aromatic carbocycles. The summed E-state index contributed by atoms with van der Waals surface area (Å²) in [5.74, 6) is -1.40. The highest BCUT2D eigenvalue weighted by Gasteiger charge is 2.27. The van der Waals surface area contributed by atoms with Gasteiger partial charge in [-0.1, -0.05) is 0 Å². The molecule has 0 atom stereocenters. The van der Waals surface area contributed by atoms with Crippen LogP contribution in [0, 0.1) is 5.82 Å². The average molecular weight is 286 g/mol. The Kier molecular flexibility index (Phi) is 2.42. The number of carboxylic acids is 1. The van der Waals surface area contributed by atoms with E-state index in [1.165, 1.54) is 18.2 Å². The van der Waals surface area contributed by atoms with Crippen LogP contribution < -0.4 is 0 Å². The van der Waals surface area contributed by atoms with E-state index in [0.29, 0.717) is 17.0 Å². The number of hydrogen-bond donors (Lipinski definition) is 1. The number of carbonyl (C=O) groups is 1. The largest absolute Gasteiger partial charge is 0.475 e. The minimum absolute atomic E-state index is 0.212. The average Bonchev–Trinajstić information content (AvgIpc) is 3.06. The van der Waals surface area contributed by atoms with Crippen LogP contribution in [-0.2, 0) is 0 Å². The van der Waals surface area contributed by atoms with Gasteiger partial charge in [-0.2, -0.15) is 0 Å². The fourth-order valence-corrected chi connectivity index (χ4v) is 2.51. The zero-order chi connectivity index (χ0) is 14.6. The SMILES string of the molecule is O=C(O)c1oc2cc(F)ccc2c1-n1cnc(C2CC2)c1. The third-order valence-corrected chi connectivity index (χ3v) is 3.68. The number of imidazole rings is 1. The van der Waals surface area contributed by atoms with Crippen LogP contribution in [0.1, 0.15) is 35.0 Å². The molecule has 0 amide bonds. The van der Waals surface area contributed by atoms with Gasteiger partial charge in [0.2, 0.25) is 5.76 Å². The summed E-state index contributed by atoms with van der Waals surface area (Å²) in [6.07, 6.45) is 5.62. The number of fused-ring (bicyclic) bond motifs is 1. The Bertz CT molecular complexity index is 861. The molecule has 21 heavy (non-hydrogen) atoms. The molecular formula is C15H11FN2O3. The molecule has 2 heterocycles. The van der Waals surface area contributed by atoms with Gasteiger partial charge in [0.05, 0.1) is 12.0 Å².